The van der Waals surface area contributed by atoms with Gasteiger partial charge in [0.05, 0.1) is 11.6 Å². The Balaban J connectivity index is 2.03. The molecule has 2 aromatic carbocycles. The highest BCUT2D eigenvalue weighted by atomic mass is 15.2. The lowest BCUT2D eigenvalue weighted by molar-refractivity contribution is 0.407. The maximum atomic E-state index is 9.88. The third kappa shape index (κ3) is 2.77. The molecule has 0 aliphatic carbocycles. The van der Waals surface area contributed by atoms with Crippen LogP contribution >= 0.6 is 0 Å². The summed E-state index contributed by atoms with van der Waals surface area (Å²) in [4.78, 5) is 2.12. The average molecular weight is 305 g/mol. The minimum absolute atomic E-state index is 0.242. The number of para-hydroxylation sites is 2. The standard InChI is InChI=1S/C20H23N3/c1-15-13-20(2,22-16-9-5-4-6-10-16)19(14-21)23(3)18-12-8-7-11-17(15)18/h4-12,15,19,22H,13H2,1-3H3/t15-,19+,20+/m0/s1. The Bertz CT molecular complexity index is 719. The van der Waals surface area contributed by atoms with Gasteiger partial charge in [-0.3, -0.25) is 0 Å². The second-order valence-electron chi connectivity index (χ2n) is 6.72. The summed E-state index contributed by atoms with van der Waals surface area (Å²) in [6.45, 7) is 4.41. The van der Waals surface area contributed by atoms with Crippen molar-refractivity contribution in [1.82, 2.24) is 0 Å². The first-order valence-electron chi connectivity index (χ1n) is 8.10. The Labute approximate surface area is 138 Å². The highest BCUT2D eigenvalue weighted by Crippen LogP contribution is 2.41. The third-order valence-electron chi connectivity index (χ3n) is 4.89. The van der Waals surface area contributed by atoms with E-state index in [1.165, 1.54) is 5.56 Å². The van der Waals surface area contributed by atoms with Crippen molar-refractivity contribution in [2.24, 2.45) is 0 Å². The van der Waals surface area contributed by atoms with Crippen LogP contribution < -0.4 is 10.2 Å². The Morgan fingerprint density at radius 1 is 1.13 bits per heavy atom. The summed E-state index contributed by atoms with van der Waals surface area (Å²) < 4.78 is 0. The molecular formula is C20H23N3. The summed E-state index contributed by atoms with van der Waals surface area (Å²) in [5.74, 6) is 0.383. The van der Waals surface area contributed by atoms with Crippen molar-refractivity contribution < 1.29 is 0 Å². The molecular weight excluding hydrogens is 282 g/mol. The largest absolute Gasteiger partial charge is 0.377 e. The second kappa shape index (κ2) is 5.96. The van der Waals surface area contributed by atoms with Gasteiger partial charge in [-0.1, -0.05) is 43.3 Å². The topological polar surface area (TPSA) is 39.1 Å². The molecule has 0 aromatic heterocycles. The van der Waals surface area contributed by atoms with Gasteiger partial charge < -0.3 is 10.2 Å². The van der Waals surface area contributed by atoms with E-state index in [1.54, 1.807) is 0 Å². The van der Waals surface area contributed by atoms with Crippen LogP contribution in [-0.2, 0) is 0 Å². The predicted molar refractivity (Wildman–Crippen MR) is 95.7 cm³/mol. The summed E-state index contributed by atoms with van der Waals surface area (Å²) in [6.07, 6.45) is 0.904. The number of likely N-dealkylation sites (N-methyl/N-ethyl adjacent to an activating group) is 1. The monoisotopic (exact) mass is 305 g/mol. The van der Waals surface area contributed by atoms with Crippen LogP contribution in [-0.4, -0.2) is 18.6 Å². The van der Waals surface area contributed by atoms with E-state index in [1.807, 2.05) is 31.3 Å². The average Bonchev–Trinajstić information content (AvgIpc) is 2.62. The fourth-order valence-corrected chi connectivity index (χ4v) is 3.85. The first kappa shape index (κ1) is 15.4. The highest BCUT2D eigenvalue weighted by Gasteiger charge is 2.42. The number of hydrogen-bond acceptors (Lipinski definition) is 3. The lowest BCUT2D eigenvalue weighted by Gasteiger charge is -2.39. The third-order valence-corrected chi connectivity index (χ3v) is 4.89. The van der Waals surface area contributed by atoms with Crippen molar-refractivity contribution in [3.05, 3.63) is 60.2 Å². The van der Waals surface area contributed by atoms with Crippen molar-refractivity contribution in [3.8, 4) is 6.07 Å². The van der Waals surface area contributed by atoms with Crippen LogP contribution in [0.3, 0.4) is 0 Å². The fourth-order valence-electron chi connectivity index (χ4n) is 3.85. The molecule has 0 amide bonds. The smallest absolute Gasteiger partial charge is 0.139 e. The predicted octanol–water partition coefficient (Wildman–Crippen LogP) is 4.39. The van der Waals surface area contributed by atoms with Gasteiger partial charge in [0.1, 0.15) is 6.04 Å². The molecule has 0 spiro atoms. The number of hydrogen-bond donors (Lipinski definition) is 1. The molecule has 3 atom stereocenters. The van der Waals surface area contributed by atoms with Crippen LogP contribution in [0.5, 0.6) is 0 Å². The molecule has 0 saturated carbocycles. The molecule has 1 heterocycles. The fraction of sp³-hybridized carbons (Fsp3) is 0.350. The van der Waals surface area contributed by atoms with Crippen LogP contribution in [0.1, 0.15) is 31.7 Å². The van der Waals surface area contributed by atoms with E-state index in [9.17, 15) is 5.26 Å². The van der Waals surface area contributed by atoms with Gasteiger partial charge >= 0.3 is 0 Å². The van der Waals surface area contributed by atoms with E-state index in [4.69, 9.17) is 0 Å². The van der Waals surface area contributed by atoms with E-state index in [0.717, 1.165) is 17.8 Å². The van der Waals surface area contributed by atoms with Crippen LogP contribution in [0.2, 0.25) is 0 Å². The highest BCUT2D eigenvalue weighted by molar-refractivity contribution is 5.60. The van der Waals surface area contributed by atoms with Crippen molar-refractivity contribution in [3.63, 3.8) is 0 Å². The van der Waals surface area contributed by atoms with Crippen molar-refractivity contribution in [1.29, 1.82) is 5.26 Å². The van der Waals surface area contributed by atoms with E-state index in [2.05, 4.69) is 60.5 Å². The van der Waals surface area contributed by atoms with Gasteiger partial charge in [-0.15, -0.1) is 0 Å². The van der Waals surface area contributed by atoms with Crippen molar-refractivity contribution in [2.45, 2.75) is 37.8 Å². The molecule has 3 rings (SSSR count). The first-order chi connectivity index (χ1) is 11.0. The van der Waals surface area contributed by atoms with Gasteiger partial charge in [-0.25, -0.2) is 0 Å². The molecule has 0 radical (unpaired) electrons. The molecule has 3 nitrogen and oxygen atoms in total. The van der Waals surface area contributed by atoms with E-state index < -0.39 is 0 Å². The lowest BCUT2D eigenvalue weighted by Crippen LogP contribution is -2.53. The first-order valence-corrected chi connectivity index (χ1v) is 8.10. The summed E-state index contributed by atoms with van der Waals surface area (Å²) in [6, 6.07) is 20.9. The summed E-state index contributed by atoms with van der Waals surface area (Å²) in [5.41, 5.74) is 3.20. The molecule has 3 heteroatoms. The molecule has 0 bridgehead atoms. The van der Waals surface area contributed by atoms with Crippen LogP contribution in [0.4, 0.5) is 11.4 Å². The Hall–Kier alpha value is -2.47. The molecule has 1 aliphatic rings. The van der Waals surface area contributed by atoms with Crippen LogP contribution in [0, 0.1) is 11.3 Å². The summed E-state index contributed by atoms with van der Waals surface area (Å²) >= 11 is 0. The minimum Gasteiger partial charge on any atom is -0.377 e. The van der Waals surface area contributed by atoms with Gasteiger partial charge in [0.25, 0.3) is 0 Å². The number of rotatable bonds is 2. The van der Waals surface area contributed by atoms with Gasteiger partial charge in [0.2, 0.25) is 0 Å². The normalized spacial score (nSPS) is 26.8. The molecule has 1 aliphatic heterocycles. The minimum atomic E-state index is -0.330. The Kier molecular flexibility index (Phi) is 4.00. The summed E-state index contributed by atoms with van der Waals surface area (Å²) in [7, 11) is 2.02. The number of benzene rings is 2. The molecule has 23 heavy (non-hydrogen) atoms. The van der Waals surface area contributed by atoms with E-state index in [0.29, 0.717) is 5.92 Å². The van der Waals surface area contributed by atoms with Gasteiger partial charge in [0, 0.05) is 18.4 Å². The molecule has 0 unspecified atom stereocenters. The van der Waals surface area contributed by atoms with Gasteiger partial charge in [-0.2, -0.15) is 5.26 Å². The Morgan fingerprint density at radius 3 is 2.48 bits per heavy atom. The Morgan fingerprint density at radius 2 is 1.78 bits per heavy atom. The number of nitrogens with zero attached hydrogens (tertiary/aromatic N) is 2. The zero-order valence-electron chi connectivity index (χ0n) is 14.0. The SMILES string of the molecule is C[C@H]1C[C@@](C)(Nc2ccccc2)[C@@H](C#N)N(C)c2ccccc21. The number of fused-ring (bicyclic) bond motifs is 1. The summed E-state index contributed by atoms with van der Waals surface area (Å²) in [5, 5.41) is 13.5. The maximum Gasteiger partial charge on any atom is 0.139 e. The maximum absolute atomic E-state index is 9.88. The molecule has 118 valence electrons. The van der Waals surface area contributed by atoms with E-state index >= 15 is 0 Å². The lowest BCUT2D eigenvalue weighted by atomic mass is 9.82. The van der Waals surface area contributed by atoms with E-state index in [-0.39, 0.29) is 11.6 Å². The van der Waals surface area contributed by atoms with Crippen LogP contribution in [0.15, 0.2) is 54.6 Å². The molecule has 0 fully saturated rings. The van der Waals surface area contributed by atoms with Crippen molar-refractivity contribution in [2.75, 3.05) is 17.3 Å². The van der Waals surface area contributed by atoms with Crippen molar-refractivity contribution >= 4 is 11.4 Å². The molecule has 1 N–H and O–H groups in total. The zero-order chi connectivity index (χ0) is 16.4. The second-order valence-corrected chi connectivity index (χ2v) is 6.72. The van der Waals surface area contributed by atoms with Crippen LogP contribution in [0.25, 0.3) is 0 Å². The quantitative estimate of drug-likeness (QED) is 0.894. The zero-order valence-corrected chi connectivity index (χ0v) is 14.0. The van der Waals surface area contributed by atoms with Gasteiger partial charge in [-0.05, 0) is 43.0 Å². The molecule has 2 aromatic rings. The number of nitriles is 1. The molecule has 0 saturated heterocycles. The number of anilines is 2. The van der Waals surface area contributed by atoms with Gasteiger partial charge in [0.15, 0.2) is 0 Å². The number of nitrogens with one attached hydrogen (secondary N) is 1.